The van der Waals surface area contributed by atoms with Crippen molar-refractivity contribution in [1.29, 1.82) is 0 Å². The van der Waals surface area contributed by atoms with E-state index in [0.29, 0.717) is 38.4 Å². The monoisotopic (exact) mass is 339 g/mol. The molecular weight excluding hydrogens is 310 g/mol. The molecule has 136 valence electrons. The molecule has 0 unspecified atom stereocenters. The summed E-state index contributed by atoms with van der Waals surface area (Å²) in [5, 5.41) is 6.25. The number of unbranched alkanes of at least 4 members (excludes halogenated alkanes) is 3. The van der Waals surface area contributed by atoms with Crippen molar-refractivity contribution in [3.05, 3.63) is 12.3 Å². The molecule has 0 fully saturated rings. The van der Waals surface area contributed by atoms with E-state index in [2.05, 4.69) is 21.9 Å². The Labute approximate surface area is 143 Å². The van der Waals surface area contributed by atoms with Crippen molar-refractivity contribution >= 4 is 17.6 Å². The summed E-state index contributed by atoms with van der Waals surface area (Å²) in [6.45, 7) is 5.83. The van der Waals surface area contributed by atoms with E-state index in [1.807, 2.05) is 6.92 Å². The summed E-state index contributed by atoms with van der Waals surface area (Å²) < 4.78 is 9.98. The zero-order chi connectivity index (χ0) is 17.6. The van der Waals surface area contributed by atoms with E-state index in [4.69, 9.17) is 4.74 Å². The molecule has 0 atom stereocenters. The van der Waals surface area contributed by atoms with Gasteiger partial charge in [0.25, 0.3) is 0 Å². The Morgan fingerprint density at radius 3 is 2.75 bits per heavy atom. The van der Waals surface area contributed by atoms with Crippen LogP contribution in [0.3, 0.4) is 0 Å². The first-order valence-corrected chi connectivity index (χ1v) is 8.73. The van der Waals surface area contributed by atoms with Gasteiger partial charge in [-0.3, -0.25) is 9.59 Å². The number of nitrogens with one attached hydrogen (secondary N) is 1. The highest BCUT2D eigenvalue weighted by Gasteiger charge is 2.17. The van der Waals surface area contributed by atoms with Gasteiger partial charge in [-0.15, -0.1) is 0 Å². The Morgan fingerprint density at radius 2 is 2.08 bits per heavy atom. The molecule has 0 radical (unpaired) electrons. The zero-order valence-electron chi connectivity index (χ0n) is 14.8. The van der Waals surface area contributed by atoms with Crippen molar-refractivity contribution in [2.24, 2.45) is 0 Å². The second-order valence-electron chi connectivity index (χ2n) is 5.61. The molecule has 2 amide bonds. The summed E-state index contributed by atoms with van der Waals surface area (Å²) in [6.07, 6.45) is 6.74. The molecule has 0 aromatic carbocycles. The van der Waals surface area contributed by atoms with E-state index >= 15 is 0 Å². The number of aromatic nitrogens is 1. The van der Waals surface area contributed by atoms with Crippen LogP contribution in [0, 0.1) is 0 Å². The summed E-state index contributed by atoms with van der Waals surface area (Å²) in [5.74, 6) is 0.0878. The third-order valence-corrected chi connectivity index (χ3v) is 3.56. The van der Waals surface area contributed by atoms with Gasteiger partial charge in [-0.25, -0.2) is 0 Å². The Kier molecular flexibility index (Phi) is 10.5. The molecule has 0 saturated heterocycles. The van der Waals surface area contributed by atoms with Crippen molar-refractivity contribution in [2.75, 3.05) is 31.6 Å². The smallest absolute Gasteiger partial charge is 0.245 e. The molecule has 0 bridgehead atoms. The van der Waals surface area contributed by atoms with Crippen LogP contribution in [-0.2, 0) is 14.3 Å². The summed E-state index contributed by atoms with van der Waals surface area (Å²) in [5.41, 5.74) is 0. The molecule has 1 heterocycles. The number of carbonyl (C=O) groups excluding carboxylic acids is 2. The van der Waals surface area contributed by atoms with Gasteiger partial charge in [0.15, 0.2) is 5.82 Å². The number of nitrogens with zero attached hydrogens (tertiary/aromatic N) is 2. The molecule has 0 aliphatic heterocycles. The van der Waals surface area contributed by atoms with E-state index in [1.54, 1.807) is 11.0 Å². The van der Waals surface area contributed by atoms with E-state index < -0.39 is 0 Å². The summed E-state index contributed by atoms with van der Waals surface area (Å²) in [6, 6.07) is 1.56. The molecule has 1 rings (SSSR count). The Hall–Kier alpha value is -1.89. The van der Waals surface area contributed by atoms with Crippen LogP contribution in [0.5, 0.6) is 0 Å². The fourth-order valence-corrected chi connectivity index (χ4v) is 2.29. The normalized spacial score (nSPS) is 10.6. The largest absolute Gasteiger partial charge is 0.382 e. The summed E-state index contributed by atoms with van der Waals surface area (Å²) in [7, 11) is 0. The van der Waals surface area contributed by atoms with Crippen molar-refractivity contribution in [1.82, 2.24) is 10.1 Å². The minimum Gasteiger partial charge on any atom is -0.382 e. The average molecular weight is 339 g/mol. The van der Waals surface area contributed by atoms with Gasteiger partial charge in [0.2, 0.25) is 11.8 Å². The molecule has 7 heteroatoms. The second kappa shape index (κ2) is 12.5. The highest BCUT2D eigenvalue weighted by Crippen LogP contribution is 2.07. The van der Waals surface area contributed by atoms with Crippen LogP contribution in [0.15, 0.2) is 16.9 Å². The van der Waals surface area contributed by atoms with Gasteiger partial charge in [0, 0.05) is 32.2 Å². The van der Waals surface area contributed by atoms with Crippen molar-refractivity contribution in [3.63, 3.8) is 0 Å². The molecule has 7 nitrogen and oxygen atoms in total. The predicted octanol–water partition coefficient (Wildman–Crippen LogP) is 2.84. The van der Waals surface area contributed by atoms with Crippen molar-refractivity contribution in [2.45, 2.75) is 52.4 Å². The SMILES string of the molecule is CCCCCCC(=O)N(CCCOCC)CC(=O)Nc1ccon1. The van der Waals surface area contributed by atoms with Gasteiger partial charge in [-0.1, -0.05) is 31.3 Å². The molecule has 24 heavy (non-hydrogen) atoms. The van der Waals surface area contributed by atoms with E-state index in [9.17, 15) is 9.59 Å². The molecule has 0 spiro atoms. The first-order valence-electron chi connectivity index (χ1n) is 8.73. The maximum atomic E-state index is 12.4. The fourth-order valence-electron chi connectivity index (χ4n) is 2.29. The first kappa shape index (κ1) is 20.2. The van der Waals surface area contributed by atoms with Crippen LogP contribution >= 0.6 is 0 Å². The van der Waals surface area contributed by atoms with E-state index in [-0.39, 0.29) is 18.4 Å². The number of carbonyl (C=O) groups is 2. The number of amides is 2. The maximum absolute atomic E-state index is 12.4. The molecule has 0 saturated carbocycles. The number of ether oxygens (including phenoxy) is 1. The lowest BCUT2D eigenvalue weighted by atomic mass is 10.1. The summed E-state index contributed by atoms with van der Waals surface area (Å²) in [4.78, 5) is 26.0. The van der Waals surface area contributed by atoms with Gasteiger partial charge in [0.1, 0.15) is 6.26 Å². The highest BCUT2D eigenvalue weighted by molar-refractivity contribution is 5.93. The third kappa shape index (κ3) is 8.67. The van der Waals surface area contributed by atoms with Gasteiger partial charge in [0.05, 0.1) is 6.54 Å². The average Bonchev–Trinajstić information content (AvgIpc) is 3.07. The third-order valence-electron chi connectivity index (χ3n) is 3.56. The van der Waals surface area contributed by atoms with Gasteiger partial charge >= 0.3 is 0 Å². The number of anilines is 1. The van der Waals surface area contributed by atoms with Gasteiger partial charge in [-0.05, 0) is 19.8 Å². The molecule has 0 aliphatic rings. The van der Waals surface area contributed by atoms with Crippen LogP contribution in [0.1, 0.15) is 52.4 Å². The van der Waals surface area contributed by atoms with Crippen molar-refractivity contribution < 1.29 is 18.8 Å². The van der Waals surface area contributed by atoms with E-state index in [0.717, 1.165) is 25.7 Å². The number of hydrogen-bond donors (Lipinski definition) is 1. The second-order valence-corrected chi connectivity index (χ2v) is 5.61. The van der Waals surface area contributed by atoms with Crippen molar-refractivity contribution in [3.8, 4) is 0 Å². The van der Waals surface area contributed by atoms with Crippen LogP contribution in [0.4, 0.5) is 5.82 Å². The lowest BCUT2D eigenvalue weighted by Gasteiger charge is -2.22. The highest BCUT2D eigenvalue weighted by atomic mass is 16.5. The van der Waals surface area contributed by atoms with Gasteiger partial charge in [-0.2, -0.15) is 0 Å². The molecule has 1 N–H and O–H groups in total. The predicted molar refractivity (Wildman–Crippen MR) is 91.6 cm³/mol. The Morgan fingerprint density at radius 1 is 1.25 bits per heavy atom. The Bertz CT molecular complexity index is 462. The topological polar surface area (TPSA) is 84.7 Å². The quantitative estimate of drug-likeness (QED) is 0.559. The van der Waals surface area contributed by atoms with Crippen LogP contribution in [-0.4, -0.2) is 48.2 Å². The summed E-state index contributed by atoms with van der Waals surface area (Å²) >= 11 is 0. The minimum atomic E-state index is -0.276. The molecule has 1 aromatic rings. The standard InChI is InChI=1S/C17H29N3O4/c1-3-5-6-7-9-17(22)20(11-8-12-23-4-2)14-16(21)18-15-10-13-24-19-15/h10,13H,3-9,11-12,14H2,1-2H3,(H,18,19,21). The Balaban J connectivity index is 2.45. The first-order chi connectivity index (χ1) is 11.7. The fraction of sp³-hybridized carbons (Fsp3) is 0.706. The minimum absolute atomic E-state index is 0.0119. The lowest BCUT2D eigenvalue weighted by molar-refractivity contribution is -0.135. The van der Waals surface area contributed by atoms with E-state index in [1.165, 1.54) is 6.26 Å². The molecular formula is C17H29N3O4. The van der Waals surface area contributed by atoms with Crippen LogP contribution in [0.2, 0.25) is 0 Å². The zero-order valence-corrected chi connectivity index (χ0v) is 14.8. The number of hydrogen-bond acceptors (Lipinski definition) is 5. The van der Waals surface area contributed by atoms with Gasteiger partial charge < -0.3 is 19.5 Å². The maximum Gasteiger partial charge on any atom is 0.245 e. The lowest BCUT2D eigenvalue weighted by Crippen LogP contribution is -2.39. The van der Waals surface area contributed by atoms with Crippen LogP contribution < -0.4 is 5.32 Å². The molecule has 0 aliphatic carbocycles. The van der Waals surface area contributed by atoms with Crippen LogP contribution in [0.25, 0.3) is 0 Å². The molecule has 1 aromatic heterocycles. The number of rotatable bonds is 13.